The zero-order chi connectivity index (χ0) is 20.4. The number of carbonyl (C=O) groups is 3. The van der Waals surface area contributed by atoms with Crippen LogP contribution >= 0.6 is 11.6 Å². The van der Waals surface area contributed by atoms with Crippen LogP contribution in [-0.2, 0) is 4.79 Å². The van der Waals surface area contributed by atoms with E-state index in [2.05, 4.69) is 15.6 Å². The predicted octanol–water partition coefficient (Wildman–Crippen LogP) is 3.99. The van der Waals surface area contributed by atoms with Crippen molar-refractivity contribution in [2.24, 2.45) is 5.92 Å². The topological polar surface area (TPSA) is 91.4 Å². The summed E-state index contributed by atoms with van der Waals surface area (Å²) in [4.78, 5) is 42.8. The molecule has 7 nitrogen and oxygen atoms in total. The Morgan fingerprint density at radius 3 is 2.62 bits per heavy atom. The van der Waals surface area contributed by atoms with E-state index >= 15 is 0 Å². The van der Waals surface area contributed by atoms with Crippen LogP contribution in [0.3, 0.4) is 0 Å². The van der Waals surface area contributed by atoms with Crippen molar-refractivity contribution >= 4 is 40.8 Å². The fraction of sp³-hybridized carbons (Fsp3) is 0.333. The van der Waals surface area contributed by atoms with Gasteiger partial charge in [0.15, 0.2) is 0 Å². The van der Waals surface area contributed by atoms with Gasteiger partial charge in [0, 0.05) is 11.9 Å². The lowest BCUT2D eigenvalue weighted by Gasteiger charge is -2.25. The number of pyridine rings is 1. The molecule has 1 saturated carbocycles. The van der Waals surface area contributed by atoms with Crippen LogP contribution in [0.1, 0.15) is 42.6 Å². The van der Waals surface area contributed by atoms with Crippen LogP contribution in [-0.4, -0.2) is 28.9 Å². The molecule has 8 heteroatoms. The zero-order valence-corrected chi connectivity index (χ0v) is 16.5. The van der Waals surface area contributed by atoms with Gasteiger partial charge < -0.3 is 10.6 Å². The molecule has 0 radical (unpaired) electrons. The third-order valence-corrected chi connectivity index (χ3v) is 5.74. The third-order valence-electron chi connectivity index (χ3n) is 5.43. The molecular formula is C21H21ClN4O3. The van der Waals surface area contributed by atoms with Crippen LogP contribution in [0.15, 0.2) is 42.6 Å². The van der Waals surface area contributed by atoms with E-state index in [0.29, 0.717) is 11.4 Å². The van der Waals surface area contributed by atoms with E-state index in [1.54, 1.807) is 30.3 Å². The third kappa shape index (κ3) is 3.96. The molecule has 1 aromatic carbocycles. The van der Waals surface area contributed by atoms with Gasteiger partial charge in [-0.2, -0.15) is 0 Å². The SMILES string of the molecule is O=C(Nc1ccc(N2C(=O)NC(C3CCCCC3)C2=O)c(Cl)c1)c1ccccn1. The lowest BCUT2D eigenvalue weighted by atomic mass is 9.84. The van der Waals surface area contributed by atoms with Gasteiger partial charge in [-0.05, 0) is 49.1 Å². The summed E-state index contributed by atoms with van der Waals surface area (Å²) in [5, 5.41) is 5.73. The molecular weight excluding hydrogens is 392 g/mol. The molecule has 1 aromatic heterocycles. The summed E-state index contributed by atoms with van der Waals surface area (Å²) in [5.41, 5.74) is 1.03. The minimum Gasteiger partial charge on any atom is -0.325 e. The fourth-order valence-corrected chi connectivity index (χ4v) is 4.24. The zero-order valence-electron chi connectivity index (χ0n) is 15.7. The van der Waals surface area contributed by atoms with Crippen molar-refractivity contribution in [3.8, 4) is 0 Å². The van der Waals surface area contributed by atoms with Crippen molar-refractivity contribution in [3.63, 3.8) is 0 Å². The van der Waals surface area contributed by atoms with Crippen LogP contribution < -0.4 is 15.5 Å². The van der Waals surface area contributed by atoms with Gasteiger partial charge in [0.25, 0.3) is 11.8 Å². The Hall–Kier alpha value is -2.93. The molecule has 0 bridgehead atoms. The Balaban J connectivity index is 1.51. The van der Waals surface area contributed by atoms with Crippen molar-refractivity contribution in [2.75, 3.05) is 10.2 Å². The van der Waals surface area contributed by atoms with Crippen molar-refractivity contribution in [3.05, 3.63) is 53.3 Å². The van der Waals surface area contributed by atoms with Gasteiger partial charge in [-0.25, -0.2) is 9.69 Å². The summed E-state index contributed by atoms with van der Waals surface area (Å²) in [7, 11) is 0. The minimum absolute atomic E-state index is 0.168. The number of aromatic nitrogens is 1. The van der Waals surface area contributed by atoms with Gasteiger partial charge in [0.1, 0.15) is 11.7 Å². The van der Waals surface area contributed by atoms with E-state index in [9.17, 15) is 14.4 Å². The molecule has 2 aromatic rings. The molecule has 1 unspecified atom stereocenters. The van der Waals surface area contributed by atoms with E-state index < -0.39 is 12.1 Å². The molecule has 4 rings (SSSR count). The van der Waals surface area contributed by atoms with Crippen LogP contribution in [0.25, 0.3) is 0 Å². The first-order chi connectivity index (χ1) is 14.0. The van der Waals surface area contributed by atoms with Gasteiger partial charge in [0.05, 0.1) is 10.7 Å². The van der Waals surface area contributed by atoms with Crippen molar-refractivity contribution < 1.29 is 14.4 Å². The van der Waals surface area contributed by atoms with Crippen LogP contribution in [0.2, 0.25) is 5.02 Å². The molecule has 2 N–H and O–H groups in total. The van der Waals surface area contributed by atoms with Gasteiger partial charge in [-0.3, -0.25) is 14.6 Å². The number of nitrogens with one attached hydrogen (secondary N) is 2. The first-order valence-corrected chi connectivity index (χ1v) is 10.1. The Labute approximate surface area is 173 Å². The van der Waals surface area contributed by atoms with Gasteiger partial charge >= 0.3 is 6.03 Å². The maximum Gasteiger partial charge on any atom is 0.329 e. The molecule has 1 atom stereocenters. The van der Waals surface area contributed by atoms with Crippen LogP contribution in [0.4, 0.5) is 16.2 Å². The number of benzene rings is 1. The summed E-state index contributed by atoms with van der Waals surface area (Å²) >= 11 is 6.36. The van der Waals surface area contributed by atoms with Crippen molar-refractivity contribution in [1.29, 1.82) is 0 Å². The van der Waals surface area contributed by atoms with Crippen molar-refractivity contribution in [1.82, 2.24) is 10.3 Å². The molecule has 1 aliphatic heterocycles. The maximum atomic E-state index is 12.9. The molecule has 150 valence electrons. The highest BCUT2D eigenvalue weighted by molar-refractivity contribution is 6.36. The van der Waals surface area contributed by atoms with E-state index in [0.717, 1.165) is 30.6 Å². The Morgan fingerprint density at radius 1 is 1.14 bits per heavy atom. The summed E-state index contributed by atoms with van der Waals surface area (Å²) in [6, 6.07) is 8.78. The molecule has 1 saturated heterocycles. The largest absolute Gasteiger partial charge is 0.329 e. The predicted molar refractivity (Wildman–Crippen MR) is 110 cm³/mol. The number of amides is 4. The fourth-order valence-electron chi connectivity index (χ4n) is 3.97. The Kier molecular flexibility index (Phi) is 5.49. The molecule has 1 aliphatic carbocycles. The second kappa shape index (κ2) is 8.21. The number of carbonyl (C=O) groups excluding carboxylic acids is 3. The molecule has 2 fully saturated rings. The lowest BCUT2D eigenvalue weighted by molar-refractivity contribution is -0.119. The first-order valence-electron chi connectivity index (χ1n) is 9.71. The summed E-state index contributed by atoms with van der Waals surface area (Å²) in [6.07, 6.45) is 6.75. The number of hydrogen-bond acceptors (Lipinski definition) is 4. The van der Waals surface area contributed by atoms with Crippen molar-refractivity contribution in [2.45, 2.75) is 38.1 Å². The number of anilines is 2. The smallest absolute Gasteiger partial charge is 0.325 e. The second-order valence-corrected chi connectivity index (χ2v) is 7.74. The Morgan fingerprint density at radius 2 is 1.93 bits per heavy atom. The molecule has 4 amide bonds. The number of halogens is 1. The standard InChI is InChI=1S/C21H21ClN4O3/c22-15-12-14(24-19(27)16-8-4-5-11-23-16)9-10-17(15)26-20(28)18(25-21(26)29)13-6-2-1-3-7-13/h4-5,8-13,18H,1-3,6-7H2,(H,24,27)(H,25,29). The van der Waals surface area contributed by atoms with Gasteiger partial charge in [0.2, 0.25) is 0 Å². The van der Waals surface area contributed by atoms with Crippen LogP contribution in [0.5, 0.6) is 0 Å². The summed E-state index contributed by atoms with van der Waals surface area (Å²) < 4.78 is 0. The highest BCUT2D eigenvalue weighted by atomic mass is 35.5. The number of rotatable bonds is 4. The first kappa shape index (κ1) is 19.4. The Bertz CT molecular complexity index is 944. The maximum absolute atomic E-state index is 12.9. The average molecular weight is 413 g/mol. The lowest BCUT2D eigenvalue weighted by Crippen LogP contribution is -2.38. The van der Waals surface area contributed by atoms with E-state index in [1.807, 2.05) is 0 Å². The molecule has 2 aliphatic rings. The second-order valence-electron chi connectivity index (χ2n) is 7.33. The molecule has 29 heavy (non-hydrogen) atoms. The minimum atomic E-state index is -0.498. The average Bonchev–Trinajstić information content (AvgIpc) is 3.04. The monoisotopic (exact) mass is 412 g/mol. The van der Waals surface area contributed by atoms with Crippen LogP contribution in [0, 0.1) is 5.92 Å². The van der Waals surface area contributed by atoms with Gasteiger partial charge in [-0.15, -0.1) is 0 Å². The number of nitrogens with zero attached hydrogens (tertiary/aromatic N) is 2. The van der Waals surface area contributed by atoms with E-state index in [1.165, 1.54) is 18.7 Å². The molecule has 0 spiro atoms. The van der Waals surface area contributed by atoms with E-state index in [4.69, 9.17) is 11.6 Å². The number of hydrogen-bond donors (Lipinski definition) is 2. The quantitative estimate of drug-likeness (QED) is 0.742. The number of imide groups is 1. The summed E-state index contributed by atoms with van der Waals surface area (Å²) in [6.45, 7) is 0. The highest BCUT2D eigenvalue weighted by Gasteiger charge is 2.43. The molecule has 2 heterocycles. The summed E-state index contributed by atoms with van der Waals surface area (Å²) in [5.74, 6) is -0.475. The highest BCUT2D eigenvalue weighted by Crippen LogP contribution is 2.35. The van der Waals surface area contributed by atoms with E-state index in [-0.39, 0.29) is 28.4 Å². The normalized spacial score (nSPS) is 19.9. The number of urea groups is 1. The van der Waals surface area contributed by atoms with Gasteiger partial charge in [-0.1, -0.05) is 36.9 Å².